The lowest BCUT2D eigenvalue weighted by molar-refractivity contribution is 0.340. The first-order valence-corrected chi connectivity index (χ1v) is 8.55. The van der Waals surface area contributed by atoms with Gasteiger partial charge in [0.1, 0.15) is 5.75 Å². The van der Waals surface area contributed by atoms with Crippen molar-refractivity contribution in [2.75, 3.05) is 6.61 Å². The van der Waals surface area contributed by atoms with Crippen molar-refractivity contribution in [2.24, 2.45) is 0 Å². The molecule has 3 aromatic heterocycles. The molecule has 0 amide bonds. The fourth-order valence-corrected chi connectivity index (χ4v) is 3.11. The SMILES string of the molecule is CCOc1ccc2nc(SCc3cc(-c4ccco4)on3)[nH]c2c1. The molecule has 24 heavy (non-hydrogen) atoms. The van der Waals surface area contributed by atoms with E-state index < -0.39 is 0 Å². The number of aromatic amines is 1. The van der Waals surface area contributed by atoms with Crippen LogP contribution in [0.1, 0.15) is 12.6 Å². The Bertz CT molecular complexity index is 943. The third kappa shape index (κ3) is 3.03. The molecule has 0 aliphatic rings. The van der Waals surface area contributed by atoms with Crippen molar-refractivity contribution in [2.45, 2.75) is 17.8 Å². The van der Waals surface area contributed by atoms with Crippen molar-refractivity contribution in [1.29, 1.82) is 0 Å². The van der Waals surface area contributed by atoms with Gasteiger partial charge in [-0.05, 0) is 31.2 Å². The number of rotatable bonds is 6. The topological polar surface area (TPSA) is 77.1 Å². The lowest BCUT2D eigenvalue weighted by atomic mass is 10.3. The highest BCUT2D eigenvalue weighted by atomic mass is 32.2. The van der Waals surface area contributed by atoms with Gasteiger partial charge in [-0.15, -0.1) is 0 Å². The van der Waals surface area contributed by atoms with Crippen LogP contribution in [0.15, 0.2) is 56.8 Å². The van der Waals surface area contributed by atoms with Crippen LogP contribution in [-0.4, -0.2) is 21.7 Å². The predicted molar refractivity (Wildman–Crippen MR) is 91.0 cm³/mol. The van der Waals surface area contributed by atoms with Gasteiger partial charge in [-0.25, -0.2) is 4.98 Å². The summed E-state index contributed by atoms with van der Waals surface area (Å²) in [4.78, 5) is 7.85. The molecule has 1 N–H and O–H groups in total. The molecular formula is C17H15N3O3S. The lowest BCUT2D eigenvalue weighted by Gasteiger charge is -2.00. The van der Waals surface area contributed by atoms with Crippen molar-refractivity contribution in [3.63, 3.8) is 0 Å². The second-order valence-electron chi connectivity index (χ2n) is 5.10. The van der Waals surface area contributed by atoms with Gasteiger partial charge in [0.15, 0.2) is 10.9 Å². The van der Waals surface area contributed by atoms with Crippen molar-refractivity contribution in [3.8, 4) is 17.3 Å². The minimum atomic E-state index is 0.626. The van der Waals surface area contributed by atoms with Gasteiger partial charge in [-0.2, -0.15) is 0 Å². The van der Waals surface area contributed by atoms with Crippen LogP contribution < -0.4 is 4.74 Å². The van der Waals surface area contributed by atoms with Gasteiger partial charge in [0, 0.05) is 17.9 Å². The third-order valence-electron chi connectivity index (χ3n) is 3.42. The first kappa shape index (κ1) is 14.9. The highest BCUT2D eigenvalue weighted by Crippen LogP contribution is 2.27. The number of aromatic nitrogens is 3. The largest absolute Gasteiger partial charge is 0.494 e. The molecule has 6 nitrogen and oxygen atoms in total. The molecule has 1 aromatic carbocycles. The summed E-state index contributed by atoms with van der Waals surface area (Å²) in [6.45, 7) is 2.61. The average Bonchev–Trinajstić information content (AvgIpc) is 3.32. The number of imidazole rings is 1. The first-order chi connectivity index (χ1) is 11.8. The minimum absolute atomic E-state index is 0.626. The molecule has 0 saturated heterocycles. The highest BCUT2D eigenvalue weighted by Gasteiger charge is 2.11. The third-order valence-corrected chi connectivity index (χ3v) is 4.33. The Hall–Kier alpha value is -2.67. The van der Waals surface area contributed by atoms with E-state index >= 15 is 0 Å². The molecule has 0 unspecified atom stereocenters. The number of hydrogen-bond acceptors (Lipinski definition) is 6. The summed E-state index contributed by atoms with van der Waals surface area (Å²) in [5.74, 6) is 2.79. The molecular weight excluding hydrogens is 326 g/mol. The zero-order valence-electron chi connectivity index (χ0n) is 13.0. The van der Waals surface area contributed by atoms with E-state index in [1.165, 1.54) is 0 Å². The Labute approximate surface area is 142 Å². The number of nitrogens with zero attached hydrogens (tertiary/aromatic N) is 2. The number of fused-ring (bicyclic) bond motifs is 1. The molecule has 0 bridgehead atoms. The Kier molecular flexibility index (Phi) is 4.00. The second-order valence-corrected chi connectivity index (χ2v) is 6.07. The van der Waals surface area contributed by atoms with Crippen LogP contribution in [0.5, 0.6) is 5.75 Å². The molecule has 4 aromatic rings. The molecule has 0 aliphatic carbocycles. The molecule has 4 rings (SSSR count). The first-order valence-electron chi connectivity index (χ1n) is 7.56. The fraction of sp³-hybridized carbons (Fsp3) is 0.176. The van der Waals surface area contributed by atoms with E-state index in [0.717, 1.165) is 27.6 Å². The van der Waals surface area contributed by atoms with Crippen LogP contribution in [0.3, 0.4) is 0 Å². The summed E-state index contributed by atoms with van der Waals surface area (Å²) in [5, 5.41) is 4.90. The van der Waals surface area contributed by atoms with Gasteiger partial charge < -0.3 is 18.7 Å². The van der Waals surface area contributed by atoms with Crippen LogP contribution in [-0.2, 0) is 5.75 Å². The van der Waals surface area contributed by atoms with Crippen LogP contribution in [0, 0.1) is 0 Å². The Balaban J connectivity index is 1.46. The number of nitrogens with one attached hydrogen (secondary N) is 1. The van der Waals surface area contributed by atoms with E-state index in [-0.39, 0.29) is 0 Å². The average molecular weight is 341 g/mol. The Morgan fingerprint density at radius 3 is 3.00 bits per heavy atom. The fourth-order valence-electron chi connectivity index (χ4n) is 2.35. The van der Waals surface area contributed by atoms with Crippen molar-refractivity contribution < 1.29 is 13.7 Å². The van der Waals surface area contributed by atoms with E-state index in [0.29, 0.717) is 23.9 Å². The molecule has 0 aliphatic heterocycles. The zero-order chi connectivity index (χ0) is 16.4. The summed E-state index contributed by atoms with van der Waals surface area (Å²) in [7, 11) is 0. The summed E-state index contributed by atoms with van der Waals surface area (Å²) in [6.07, 6.45) is 1.61. The normalized spacial score (nSPS) is 11.2. The van der Waals surface area contributed by atoms with E-state index in [1.54, 1.807) is 18.0 Å². The quantitative estimate of drug-likeness (QED) is 0.520. The van der Waals surface area contributed by atoms with Crippen LogP contribution in [0.2, 0.25) is 0 Å². The number of furan rings is 1. The molecule has 7 heteroatoms. The molecule has 0 saturated carbocycles. The summed E-state index contributed by atoms with van der Waals surface area (Å²) < 4.78 is 16.1. The second kappa shape index (κ2) is 6.45. The van der Waals surface area contributed by atoms with Crippen molar-refractivity contribution in [3.05, 3.63) is 48.4 Å². The number of ether oxygens (including phenoxy) is 1. The van der Waals surface area contributed by atoms with Crippen molar-refractivity contribution >= 4 is 22.8 Å². The van der Waals surface area contributed by atoms with Gasteiger partial charge in [-0.3, -0.25) is 0 Å². The lowest BCUT2D eigenvalue weighted by Crippen LogP contribution is -1.90. The van der Waals surface area contributed by atoms with Gasteiger partial charge in [-0.1, -0.05) is 16.9 Å². The van der Waals surface area contributed by atoms with E-state index in [4.69, 9.17) is 13.7 Å². The van der Waals surface area contributed by atoms with E-state index in [1.807, 2.05) is 43.3 Å². The summed E-state index contributed by atoms with van der Waals surface area (Å²) in [5.41, 5.74) is 2.71. The minimum Gasteiger partial charge on any atom is -0.494 e. The van der Waals surface area contributed by atoms with E-state index in [9.17, 15) is 0 Å². The number of H-pyrrole nitrogens is 1. The maximum atomic E-state index is 5.50. The van der Waals surface area contributed by atoms with Gasteiger partial charge in [0.05, 0.1) is 29.6 Å². The monoisotopic (exact) mass is 341 g/mol. The number of hydrogen-bond donors (Lipinski definition) is 1. The van der Waals surface area contributed by atoms with Gasteiger partial charge >= 0.3 is 0 Å². The Morgan fingerprint density at radius 2 is 2.17 bits per heavy atom. The van der Waals surface area contributed by atoms with E-state index in [2.05, 4.69) is 15.1 Å². The Morgan fingerprint density at radius 1 is 1.21 bits per heavy atom. The van der Waals surface area contributed by atoms with Gasteiger partial charge in [0.25, 0.3) is 0 Å². The van der Waals surface area contributed by atoms with Crippen LogP contribution in [0.4, 0.5) is 0 Å². The molecule has 122 valence electrons. The summed E-state index contributed by atoms with van der Waals surface area (Å²) >= 11 is 1.57. The van der Waals surface area contributed by atoms with Crippen molar-refractivity contribution in [1.82, 2.24) is 15.1 Å². The molecule has 0 radical (unpaired) electrons. The molecule has 0 spiro atoms. The molecule has 3 heterocycles. The standard InChI is InChI=1S/C17H15N3O3S/c1-2-21-12-5-6-13-14(9-12)19-17(18-13)24-10-11-8-16(23-20-11)15-4-3-7-22-15/h3-9H,2,10H2,1H3,(H,18,19). The van der Waals surface area contributed by atoms with Crippen LogP contribution >= 0.6 is 11.8 Å². The maximum absolute atomic E-state index is 5.50. The number of thioether (sulfide) groups is 1. The molecule has 0 atom stereocenters. The summed E-state index contributed by atoms with van der Waals surface area (Å²) in [6, 6.07) is 11.4. The molecule has 0 fully saturated rings. The highest BCUT2D eigenvalue weighted by molar-refractivity contribution is 7.98. The smallest absolute Gasteiger partial charge is 0.202 e. The van der Waals surface area contributed by atoms with Gasteiger partial charge in [0.2, 0.25) is 5.76 Å². The zero-order valence-corrected chi connectivity index (χ0v) is 13.8. The predicted octanol–water partition coefficient (Wildman–Crippen LogP) is 4.50. The maximum Gasteiger partial charge on any atom is 0.202 e. The van der Waals surface area contributed by atoms with Crippen LogP contribution in [0.25, 0.3) is 22.6 Å². The number of benzene rings is 1.